The number of hydrogen-bond acceptors (Lipinski definition) is 6. The summed E-state index contributed by atoms with van der Waals surface area (Å²) in [5.74, 6) is 1.85. The summed E-state index contributed by atoms with van der Waals surface area (Å²) in [6, 6.07) is 4.34. The molecule has 132 valence electrons. The molecular weight excluding hydrogens is 452 g/mol. The number of nitrogens with one attached hydrogen (secondary N) is 1. The van der Waals surface area contributed by atoms with Gasteiger partial charge in [-0.15, -0.1) is 0 Å². The van der Waals surface area contributed by atoms with Gasteiger partial charge in [-0.25, -0.2) is 9.44 Å². The number of fused-ring (bicyclic) bond motifs is 1. The molecule has 1 aliphatic rings. The van der Waals surface area contributed by atoms with Crippen LogP contribution < -0.4 is 10.2 Å². The molecule has 2 atom stereocenters. The lowest BCUT2D eigenvalue weighted by Crippen LogP contribution is -2.44. The van der Waals surface area contributed by atoms with Crippen molar-refractivity contribution < 1.29 is 4.74 Å². The standard InChI is InChI=1S/C15H19IN7OP/c1-10-9-24-6-5-21(10)14-7-13(17-2)22-15(20-14)11(8-19-22)12-3-4-18-23(12)25-16/h3-4,7-8,10,17,25H,5-6,9H2,1-2H3/t10-/m1/s1. The Balaban J connectivity index is 1.88. The first kappa shape index (κ1) is 17.0. The molecule has 3 aromatic rings. The lowest BCUT2D eigenvalue weighted by molar-refractivity contribution is 0.0985. The Bertz CT molecular complexity index is 895. The molecule has 0 bridgehead atoms. The van der Waals surface area contributed by atoms with Gasteiger partial charge in [-0.3, -0.25) is 0 Å². The molecule has 4 rings (SSSR count). The molecule has 0 spiro atoms. The SMILES string of the molecule is CNc1cc(N2CCOC[C@H]2C)nc2c(-c3ccnn3PI)cnn12. The van der Waals surface area contributed by atoms with Crippen LogP contribution in [0.4, 0.5) is 11.6 Å². The first-order valence-corrected chi connectivity index (χ1v) is 12.1. The van der Waals surface area contributed by atoms with Crippen LogP contribution in [0.3, 0.4) is 0 Å². The van der Waals surface area contributed by atoms with E-state index in [2.05, 4.69) is 49.4 Å². The number of aromatic nitrogens is 5. The molecule has 25 heavy (non-hydrogen) atoms. The highest BCUT2D eigenvalue weighted by molar-refractivity contribution is 14.2. The molecular formula is C15H19IN7OP. The van der Waals surface area contributed by atoms with Gasteiger partial charge in [-0.1, -0.05) is 0 Å². The predicted octanol–water partition coefficient (Wildman–Crippen LogP) is 2.65. The Morgan fingerprint density at radius 3 is 3.04 bits per heavy atom. The van der Waals surface area contributed by atoms with Crippen LogP contribution in [0, 0.1) is 0 Å². The van der Waals surface area contributed by atoms with Crippen molar-refractivity contribution in [2.75, 3.05) is 37.0 Å². The molecule has 1 aliphatic heterocycles. The van der Waals surface area contributed by atoms with Gasteiger partial charge in [0.1, 0.15) is 11.6 Å². The maximum absolute atomic E-state index is 5.56. The molecule has 1 saturated heterocycles. The van der Waals surface area contributed by atoms with Crippen LogP contribution >= 0.6 is 28.4 Å². The zero-order valence-electron chi connectivity index (χ0n) is 14.0. The van der Waals surface area contributed by atoms with Crippen molar-refractivity contribution in [3.63, 3.8) is 0 Å². The fourth-order valence-corrected chi connectivity index (χ4v) is 4.65. The summed E-state index contributed by atoms with van der Waals surface area (Å²) in [6.07, 6.45) is 4.20. The third-order valence-electron chi connectivity index (χ3n) is 4.38. The van der Waals surface area contributed by atoms with E-state index < -0.39 is 0 Å². The van der Waals surface area contributed by atoms with Gasteiger partial charge in [0.25, 0.3) is 0 Å². The molecule has 4 heterocycles. The molecule has 3 aromatic heterocycles. The first-order chi connectivity index (χ1) is 12.2. The lowest BCUT2D eigenvalue weighted by atomic mass is 10.2. The van der Waals surface area contributed by atoms with Crippen LogP contribution in [0.5, 0.6) is 0 Å². The molecule has 10 heteroatoms. The van der Waals surface area contributed by atoms with Crippen LogP contribution in [-0.4, -0.2) is 57.0 Å². The predicted molar refractivity (Wildman–Crippen MR) is 109 cm³/mol. The Kier molecular flexibility index (Phi) is 4.79. The molecule has 0 saturated carbocycles. The summed E-state index contributed by atoms with van der Waals surface area (Å²) in [7, 11) is 1.90. The average Bonchev–Trinajstić information content (AvgIpc) is 3.27. The smallest absolute Gasteiger partial charge is 0.169 e. The monoisotopic (exact) mass is 471 g/mol. The molecule has 0 aromatic carbocycles. The maximum atomic E-state index is 5.56. The second-order valence-electron chi connectivity index (χ2n) is 5.87. The zero-order valence-corrected chi connectivity index (χ0v) is 17.1. The average molecular weight is 471 g/mol. The number of ether oxygens (including phenoxy) is 1. The minimum atomic E-state index is 0.293. The van der Waals surface area contributed by atoms with E-state index in [0.717, 1.165) is 48.3 Å². The Morgan fingerprint density at radius 1 is 1.40 bits per heavy atom. The van der Waals surface area contributed by atoms with E-state index in [1.807, 2.05) is 40.5 Å². The van der Waals surface area contributed by atoms with Crippen molar-refractivity contribution in [3.8, 4) is 11.3 Å². The fraction of sp³-hybridized carbons (Fsp3) is 0.400. The van der Waals surface area contributed by atoms with Crippen LogP contribution in [0.15, 0.2) is 24.5 Å². The van der Waals surface area contributed by atoms with E-state index in [9.17, 15) is 0 Å². The van der Waals surface area contributed by atoms with Crippen LogP contribution in [0.2, 0.25) is 0 Å². The summed E-state index contributed by atoms with van der Waals surface area (Å²) in [6.45, 7) is 4.44. The van der Waals surface area contributed by atoms with Gasteiger partial charge in [-0.2, -0.15) is 14.7 Å². The van der Waals surface area contributed by atoms with Gasteiger partial charge in [0.15, 0.2) is 5.65 Å². The summed E-state index contributed by atoms with van der Waals surface area (Å²) in [5, 5.41) is 12.1. The van der Waals surface area contributed by atoms with Crippen LogP contribution in [0.25, 0.3) is 16.9 Å². The highest BCUT2D eigenvalue weighted by Crippen LogP contribution is 2.33. The number of morpholine rings is 1. The van der Waals surface area contributed by atoms with Crippen molar-refractivity contribution in [2.45, 2.75) is 13.0 Å². The van der Waals surface area contributed by atoms with E-state index >= 15 is 0 Å². The van der Waals surface area contributed by atoms with Crippen LogP contribution in [0.1, 0.15) is 6.92 Å². The van der Waals surface area contributed by atoms with Crippen molar-refractivity contribution in [3.05, 3.63) is 24.5 Å². The van der Waals surface area contributed by atoms with Crippen molar-refractivity contribution >= 4 is 45.7 Å². The summed E-state index contributed by atoms with van der Waals surface area (Å²) >= 11 is 2.33. The van der Waals surface area contributed by atoms with Crippen molar-refractivity contribution in [2.24, 2.45) is 0 Å². The Hall–Kier alpha value is -1.45. The summed E-state index contributed by atoms with van der Waals surface area (Å²) in [5.41, 5.74) is 2.85. The van der Waals surface area contributed by atoms with Crippen molar-refractivity contribution in [1.29, 1.82) is 0 Å². The molecule has 1 fully saturated rings. The molecule has 0 aliphatic carbocycles. The number of rotatable bonds is 4. The van der Waals surface area contributed by atoms with Gasteiger partial charge in [0, 0.05) is 25.9 Å². The highest BCUT2D eigenvalue weighted by Gasteiger charge is 2.23. The minimum absolute atomic E-state index is 0.293. The summed E-state index contributed by atoms with van der Waals surface area (Å²) < 4.78 is 9.38. The quantitative estimate of drug-likeness (QED) is 0.466. The number of anilines is 2. The number of nitrogens with zero attached hydrogens (tertiary/aromatic N) is 6. The second kappa shape index (κ2) is 7.05. The number of halogens is 1. The normalized spacial score (nSPS) is 18.5. The van der Waals surface area contributed by atoms with Gasteiger partial charge in [0.2, 0.25) is 0 Å². The largest absolute Gasteiger partial charge is 0.377 e. The second-order valence-corrected chi connectivity index (χ2v) is 7.91. The number of hydrogen-bond donors (Lipinski definition) is 1. The zero-order chi connectivity index (χ0) is 17.4. The van der Waals surface area contributed by atoms with Crippen molar-refractivity contribution in [1.82, 2.24) is 24.1 Å². The molecule has 1 unspecified atom stereocenters. The molecule has 1 N–H and O–H groups in total. The van der Waals surface area contributed by atoms with E-state index in [4.69, 9.17) is 9.72 Å². The highest BCUT2D eigenvalue weighted by atomic mass is 127. The fourth-order valence-electron chi connectivity index (χ4n) is 3.10. The molecule has 8 nitrogen and oxygen atoms in total. The van der Waals surface area contributed by atoms with E-state index in [0.29, 0.717) is 12.4 Å². The Labute approximate surface area is 160 Å². The van der Waals surface area contributed by atoms with Crippen LogP contribution in [-0.2, 0) is 4.74 Å². The summed E-state index contributed by atoms with van der Waals surface area (Å²) in [4.78, 5) is 7.23. The molecule has 0 amide bonds. The lowest BCUT2D eigenvalue weighted by Gasteiger charge is -2.34. The first-order valence-electron chi connectivity index (χ1n) is 8.05. The van der Waals surface area contributed by atoms with Gasteiger partial charge >= 0.3 is 0 Å². The maximum Gasteiger partial charge on any atom is 0.169 e. The Morgan fingerprint density at radius 2 is 2.28 bits per heavy atom. The topological polar surface area (TPSA) is 72.5 Å². The van der Waals surface area contributed by atoms with E-state index in [1.165, 1.54) is 0 Å². The molecule has 0 radical (unpaired) electrons. The third-order valence-corrected chi connectivity index (χ3v) is 6.26. The van der Waals surface area contributed by atoms with E-state index in [1.54, 1.807) is 0 Å². The van der Waals surface area contributed by atoms with Gasteiger partial charge < -0.3 is 15.0 Å². The third kappa shape index (κ3) is 2.98. The van der Waals surface area contributed by atoms with Gasteiger partial charge in [0.05, 0.1) is 43.1 Å². The van der Waals surface area contributed by atoms with E-state index in [-0.39, 0.29) is 0 Å². The van der Waals surface area contributed by atoms with Gasteiger partial charge in [-0.05, 0) is 35.0 Å². The minimum Gasteiger partial charge on any atom is -0.377 e.